The smallest absolute Gasteiger partial charge is 0.264 e. The predicted octanol–water partition coefficient (Wildman–Crippen LogP) is 4.89. The fourth-order valence-corrected chi connectivity index (χ4v) is 10.8. The molecule has 4 atom stereocenters. The van der Waals surface area contributed by atoms with E-state index in [1.54, 1.807) is 32.7 Å². The van der Waals surface area contributed by atoms with Crippen LogP contribution in [-0.4, -0.2) is 74.4 Å². The summed E-state index contributed by atoms with van der Waals surface area (Å²) in [6.07, 6.45) is -0.0989. The fraction of sp³-hybridized carbons (Fsp3) is 0.421. The van der Waals surface area contributed by atoms with Crippen molar-refractivity contribution in [2.45, 2.75) is 69.6 Å². The molecule has 4 aliphatic heterocycles. The zero-order valence-corrected chi connectivity index (χ0v) is 29.7. The molecule has 4 aliphatic rings. The first-order valence-electron chi connectivity index (χ1n) is 17.4. The number of carbonyl (C=O) groups excluding carboxylic acids is 4. The highest BCUT2D eigenvalue weighted by Gasteiger charge is 2.67. The number of aliphatic hydroxyl groups excluding tert-OH is 1. The quantitative estimate of drug-likeness (QED) is 0.174. The van der Waals surface area contributed by atoms with Gasteiger partial charge in [-0.2, -0.15) is 0 Å². The van der Waals surface area contributed by atoms with Crippen LogP contribution in [0.4, 0.5) is 21.2 Å². The molecule has 1 spiro atoms. The van der Waals surface area contributed by atoms with Crippen LogP contribution >= 0.6 is 0 Å². The lowest BCUT2D eigenvalue weighted by atomic mass is 9.82. The van der Waals surface area contributed by atoms with E-state index >= 15 is 4.11 Å². The Labute approximate surface area is 292 Å². The molecule has 10 nitrogen and oxygen atoms in total. The summed E-state index contributed by atoms with van der Waals surface area (Å²) in [5.41, 5.74) is 2.01. The molecule has 3 aromatic rings. The van der Waals surface area contributed by atoms with Crippen molar-refractivity contribution < 1.29 is 33.1 Å². The number of anilines is 3. The molecule has 0 aliphatic carbocycles. The maximum atomic E-state index is 16.5. The SMILES string of the molecule is C[C@H]1[C@H]([Si](C)(C)F)[C@@H](CC(=O)N(CCO)Cc2ccccc2)O[C@]12C(=O)N(Cc1cccc(N3CCC3=O)c1)c1ccc(N3CCC3=O)cc12. The first-order valence-corrected chi connectivity index (χ1v) is 20.3. The fourth-order valence-electron chi connectivity index (χ4n) is 8.26. The van der Waals surface area contributed by atoms with Crippen LogP contribution in [0.3, 0.4) is 0 Å². The molecule has 7 rings (SSSR count). The van der Waals surface area contributed by atoms with Gasteiger partial charge in [0.25, 0.3) is 5.91 Å². The molecule has 4 amide bonds. The highest BCUT2D eigenvalue weighted by Crippen LogP contribution is 2.61. The molecule has 0 bridgehead atoms. The van der Waals surface area contributed by atoms with Gasteiger partial charge in [0.05, 0.1) is 31.4 Å². The molecular weight excluding hydrogens is 656 g/mol. The maximum Gasteiger partial charge on any atom is 0.264 e. The Morgan fingerprint density at radius 1 is 0.940 bits per heavy atom. The molecule has 0 aromatic heterocycles. The summed E-state index contributed by atoms with van der Waals surface area (Å²) in [6, 6.07) is 22.5. The molecular formula is C38H43FN4O6Si. The monoisotopic (exact) mass is 698 g/mol. The minimum Gasteiger partial charge on any atom is -0.395 e. The summed E-state index contributed by atoms with van der Waals surface area (Å²) in [4.78, 5) is 60.2. The van der Waals surface area contributed by atoms with Gasteiger partial charge in [0.1, 0.15) is 0 Å². The van der Waals surface area contributed by atoms with Gasteiger partial charge in [-0.25, -0.2) is 0 Å². The Bertz CT molecular complexity index is 1840. The second-order valence-electron chi connectivity index (χ2n) is 14.4. The van der Waals surface area contributed by atoms with E-state index in [0.717, 1.165) is 16.8 Å². The van der Waals surface area contributed by atoms with E-state index in [-0.39, 0.29) is 56.3 Å². The van der Waals surface area contributed by atoms with E-state index in [0.29, 0.717) is 42.9 Å². The van der Waals surface area contributed by atoms with Crippen molar-refractivity contribution >= 4 is 49.1 Å². The molecule has 50 heavy (non-hydrogen) atoms. The molecule has 0 unspecified atom stereocenters. The van der Waals surface area contributed by atoms with Crippen LogP contribution in [-0.2, 0) is 42.6 Å². The van der Waals surface area contributed by atoms with Crippen LogP contribution in [0.1, 0.15) is 42.9 Å². The number of β-lactam (4-membered cyclic amide) rings is 2. The maximum absolute atomic E-state index is 16.5. The number of hydrogen-bond acceptors (Lipinski definition) is 6. The molecule has 3 aromatic carbocycles. The average molecular weight is 699 g/mol. The highest BCUT2D eigenvalue weighted by atomic mass is 28.4. The van der Waals surface area contributed by atoms with Crippen molar-refractivity contribution in [1.82, 2.24) is 4.90 Å². The van der Waals surface area contributed by atoms with E-state index in [1.807, 2.05) is 79.7 Å². The normalized spacial score (nSPS) is 24.5. The zero-order valence-electron chi connectivity index (χ0n) is 28.7. The van der Waals surface area contributed by atoms with Gasteiger partial charge in [0.15, 0.2) is 5.60 Å². The van der Waals surface area contributed by atoms with Gasteiger partial charge in [0, 0.05) is 67.4 Å². The van der Waals surface area contributed by atoms with Crippen molar-refractivity contribution in [1.29, 1.82) is 0 Å². The molecule has 3 fully saturated rings. The van der Waals surface area contributed by atoms with E-state index in [2.05, 4.69) is 0 Å². The van der Waals surface area contributed by atoms with E-state index in [4.69, 9.17) is 4.74 Å². The van der Waals surface area contributed by atoms with Crippen molar-refractivity contribution in [3.05, 3.63) is 89.5 Å². The molecule has 1 N–H and O–H groups in total. The van der Waals surface area contributed by atoms with Crippen LogP contribution in [0, 0.1) is 5.92 Å². The molecule has 0 saturated carbocycles. The Balaban J connectivity index is 1.25. The Kier molecular flexibility index (Phi) is 8.90. The van der Waals surface area contributed by atoms with Gasteiger partial charge in [-0.15, -0.1) is 0 Å². The third-order valence-corrected chi connectivity index (χ3v) is 13.3. The van der Waals surface area contributed by atoms with Crippen LogP contribution in [0.2, 0.25) is 18.6 Å². The third-order valence-electron chi connectivity index (χ3n) is 10.8. The zero-order chi connectivity index (χ0) is 35.4. The summed E-state index contributed by atoms with van der Waals surface area (Å²) in [7, 11) is -3.57. The summed E-state index contributed by atoms with van der Waals surface area (Å²) in [5, 5.41) is 9.83. The van der Waals surface area contributed by atoms with Crippen molar-refractivity contribution in [2.24, 2.45) is 5.92 Å². The Morgan fingerprint density at radius 2 is 1.60 bits per heavy atom. The van der Waals surface area contributed by atoms with Gasteiger partial charge in [-0.1, -0.05) is 49.4 Å². The van der Waals surface area contributed by atoms with Crippen LogP contribution < -0.4 is 14.7 Å². The number of fused-ring (bicyclic) bond motifs is 2. The second kappa shape index (κ2) is 13.1. The molecule has 12 heteroatoms. The highest BCUT2D eigenvalue weighted by molar-refractivity contribution is 6.72. The van der Waals surface area contributed by atoms with Gasteiger partial charge in [0.2, 0.25) is 26.1 Å². The largest absolute Gasteiger partial charge is 0.395 e. The third kappa shape index (κ3) is 5.82. The number of carbonyl (C=O) groups is 4. The lowest BCUT2D eigenvalue weighted by Crippen LogP contribution is -2.45. The summed E-state index contributed by atoms with van der Waals surface area (Å²) >= 11 is 0. The molecule has 3 saturated heterocycles. The number of ether oxygens (including phenoxy) is 1. The van der Waals surface area contributed by atoms with Gasteiger partial charge >= 0.3 is 0 Å². The molecule has 262 valence electrons. The summed E-state index contributed by atoms with van der Waals surface area (Å²) in [6.45, 7) is 6.59. The number of hydrogen-bond donors (Lipinski definition) is 1. The minimum atomic E-state index is -3.57. The number of aliphatic hydroxyl groups is 1. The van der Waals surface area contributed by atoms with E-state index in [9.17, 15) is 24.3 Å². The summed E-state index contributed by atoms with van der Waals surface area (Å²) in [5.74, 6) is -1.22. The number of rotatable bonds is 11. The van der Waals surface area contributed by atoms with Crippen molar-refractivity contribution in [2.75, 3.05) is 40.9 Å². The number of nitrogens with zero attached hydrogens (tertiary/aromatic N) is 4. The van der Waals surface area contributed by atoms with Crippen LogP contribution in [0.15, 0.2) is 72.8 Å². The van der Waals surface area contributed by atoms with E-state index < -0.39 is 31.6 Å². The first-order chi connectivity index (χ1) is 23.9. The standard InChI is InChI=1S/C38H43FN4O6Si/c1-25-36(50(2,3)39)32(22-35(47)40(18-19-44)23-26-8-5-4-6-9-26)49-38(25)30-21-29(42-17-15-34(42)46)12-13-31(30)43(37(38)48)24-27-10-7-11-28(20-27)41-16-14-33(41)45/h4-13,20-21,25,32,36,44H,14-19,22-24H2,1-3H3/t25-,32+,36-,38+/m0/s1. The van der Waals surface area contributed by atoms with Gasteiger partial charge in [-0.3, -0.25) is 19.2 Å². The summed E-state index contributed by atoms with van der Waals surface area (Å²) < 4.78 is 23.4. The first kappa shape index (κ1) is 34.1. The lowest BCUT2D eigenvalue weighted by Gasteiger charge is -2.33. The molecule has 4 heterocycles. The average Bonchev–Trinajstić information content (AvgIpc) is 3.49. The Morgan fingerprint density at radius 3 is 2.20 bits per heavy atom. The number of benzene rings is 3. The number of halogens is 1. The van der Waals surface area contributed by atoms with Gasteiger partial charge < -0.3 is 33.6 Å². The van der Waals surface area contributed by atoms with Crippen molar-refractivity contribution in [3.8, 4) is 0 Å². The predicted molar refractivity (Wildman–Crippen MR) is 190 cm³/mol. The van der Waals surface area contributed by atoms with E-state index in [1.165, 1.54) is 0 Å². The second-order valence-corrected chi connectivity index (χ2v) is 18.1. The van der Waals surface area contributed by atoms with Crippen molar-refractivity contribution in [3.63, 3.8) is 0 Å². The van der Waals surface area contributed by atoms with Gasteiger partial charge in [-0.05, 0) is 54.6 Å². The topological polar surface area (TPSA) is 111 Å². The molecule has 0 radical (unpaired) electrons. The minimum absolute atomic E-state index is 0.0148. The van der Waals surface area contributed by atoms with Crippen LogP contribution in [0.25, 0.3) is 0 Å². The Hall–Kier alpha value is -4.39. The van der Waals surface area contributed by atoms with Crippen LogP contribution in [0.5, 0.6) is 0 Å². The number of amides is 4. The lowest BCUT2D eigenvalue weighted by molar-refractivity contribution is -0.150.